The molecule has 3 nitrogen and oxygen atoms in total. The van der Waals surface area contributed by atoms with Crippen molar-refractivity contribution in [3.8, 4) is 0 Å². The highest BCUT2D eigenvalue weighted by atomic mass is 15.1. The third-order valence-electron chi connectivity index (χ3n) is 3.35. The largest absolute Gasteiger partial charge is 0.337 e. The van der Waals surface area contributed by atoms with Gasteiger partial charge in [0, 0.05) is 18.8 Å². The molecule has 3 heteroatoms. The van der Waals surface area contributed by atoms with Crippen LogP contribution in [0, 0.1) is 12.8 Å². The lowest BCUT2D eigenvalue weighted by Crippen LogP contribution is -2.34. The normalized spacial score (nSPS) is 13.7. The second kappa shape index (κ2) is 6.04. The number of rotatable bonds is 6. The van der Waals surface area contributed by atoms with Gasteiger partial charge in [0.05, 0.1) is 12.0 Å². The molecule has 92 valence electrons. The van der Waals surface area contributed by atoms with Gasteiger partial charge in [-0.25, -0.2) is 4.98 Å². The summed E-state index contributed by atoms with van der Waals surface area (Å²) >= 11 is 0. The van der Waals surface area contributed by atoms with Crippen molar-refractivity contribution in [2.45, 2.75) is 46.7 Å². The van der Waals surface area contributed by atoms with Crippen molar-refractivity contribution < 1.29 is 0 Å². The Hall–Kier alpha value is -0.830. The van der Waals surface area contributed by atoms with E-state index in [9.17, 15) is 0 Å². The quantitative estimate of drug-likeness (QED) is 0.739. The minimum atomic E-state index is 0.657. The van der Waals surface area contributed by atoms with Crippen molar-refractivity contribution in [2.75, 3.05) is 13.6 Å². The highest BCUT2D eigenvalue weighted by Gasteiger charge is 2.11. The zero-order chi connectivity index (χ0) is 12.1. The van der Waals surface area contributed by atoms with Crippen LogP contribution < -0.4 is 0 Å². The van der Waals surface area contributed by atoms with Gasteiger partial charge in [0.2, 0.25) is 0 Å². The van der Waals surface area contributed by atoms with Gasteiger partial charge < -0.3 is 9.47 Å². The van der Waals surface area contributed by atoms with Crippen LogP contribution in [0.1, 0.15) is 32.9 Å². The molecule has 0 aliphatic rings. The Bertz CT molecular complexity index is 304. The number of hydrogen-bond acceptors (Lipinski definition) is 2. The zero-order valence-electron chi connectivity index (χ0n) is 11.3. The van der Waals surface area contributed by atoms with E-state index in [4.69, 9.17) is 0 Å². The van der Waals surface area contributed by atoms with Gasteiger partial charge in [-0.1, -0.05) is 13.8 Å². The maximum absolute atomic E-state index is 4.23. The lowest BCUT2D eigenvalue weighted by Gasteiger charge is -2.27. The van der Waals surface area contributed by atoms with Crippen LogP contribution in [0.3, 0.4) is 0 Å². The molecule has 0 aromatic carbocycles. The Morgan fingerprint density at radius 1 is 1.38 bits per heavy atom. The Kier molecular flexibility index (Phi) is 5.00. The summed E-state index contributed by atoms with van der Waals surface area (Å²) in [6.07, 6.45) is 5.20. The number of hydrogen-bond donors (Lipinski definition) is 0. The first-order valence-electron chi connectivity index (χ1n) is 6.19. The fourth-order valence-corrected chi connectivity index (χ4v) is 1.81. The lowest BCUT2D eigenvalue weighted by molar-refractivity contribution is 0.203. The average Bonchev–Trinajstić information content (AvgIpc) is 2.62. The van der Waals surface area contributed by atoms with Crippen LogP contribution in [0.2, 0.25) is 0 Å². The van der Waals surface area contributed by atoms with Gasteiger partial charge in [-0.3, -0.25) is 0 Å². The molecule has 0 bridgehead atoms. The predicted octanol–water partition coefficient (Wildman–Crippen LogP) is 2.56. The van der Waals surface area contributed by atoms with Crippen LogP contribution in [0.25, 0.3) is 0 Å². The smallest absolute Gasteiger partial charge is 0.0949 e. The standard InChI is InChI=1S/C13H25N3/c1-11(2)13(4)15(5)7-6-8-16-9-12(3)14-10-16/h9-11,13H,6-8H2,1-5H3. The molecule has 0 saturated heterocycles. The Morgan fingerprint density at radius 2 is 2.06 bits per heavy atom. The fourth-order valence-electron chi connectivity index (χ4n) is 1.81. The van der Waals surface area contributed by atoms with Gasteiger partial charge in [0.1, 0.15) is 0 Å². The molecule has 0 radical (unpaired) electrons. The Balaban J connectivity index is 2.25. The minimum absolute atomic E-state index is 0.657. The van der Waals surface area contributed by atoms with Crippen molar-refractivity contribution in [3.05, 3.63) is 18.2 Å². The van der Waals surface area contributed by atoms with Crippen molar-refractivity contribution in [1.82, 2.24) is 14.5 Å². The van der Waals surface area contributed by atoms with Crippen LogP contribution in [0.15, 0.2) is 12.5 Å². The van der Waals surface area contributed by atoms with Gasteiger partial charge in [-0.15, -0.1) is 0 Å². The van der Waals surface area contributed by atoms with Gasteiger partial charge in [-0.2, -0.15) is 0 Å². The summed E-state index contributed by atoms with van der Waals surface area (Å²) in [5.41, 5.74) is 1.10. The summed E-state index contributed by atoms with van der Waals surface area (Å²) in [5.74, 6) is 0.723. The first-order valence-corrected chi connectivity index (χ1v) is 6.19. The van der Waals surface area contributed by atoms with E-state index in [0.717, 1.165) is 24.7 Å². The maximum Gasteiger partial charge on any atom is 0.0949 e. The van der Waals surface area contributed by atoms with E-state index in [1.165, 1.54) is 6.42 Å². The molecule has 0 amide bonds. The lowest BCUT2D eigenvalue weighted by atomic mass is 10.1. The second-order valence-corrected chi connectivity index (χ2v) is 5.07. The summed E-state index contributed by atoms with van der Waals surface area (Å²) in [4.78, 5) is 6.67. The average molecular weight is 223 g/mol. The molecule has 0 fully saturated rings. The second-order valence-electron chi connectivity index (χ2n) is 5.07. The summed E-state index contributed by atoms with van der Waals surface area (Å²) in [6.45, 7) is 11.1. The predicted molar refractivity (Wildman–Crippen MR) is 68.5 cm³/mol. The zero-order valence-corrected chi connectivity index (χ0v) is 11.3. The molecule has 1 rings (SSSR count). The first-order chi connectivity index (χ1) is 7.50. The van der Waals surface area contributed by atoms with Gasteiger partial charge in [0.15, 0.2) is 0 Å². The fraction of sp³-hybridized carbons (Fsp3) is 0.769. The van der Waals surface area contributed by atoms with E-state index in [1.54, 1.807) is 0 Å². The van der Waals surface area contributed by atoms with E-state index in [0.29, 0.717) is 6.04 Å². The molecule has 1 unspecified atom stereocenters. The van der Waals surface area contributed by atoms with Crippen LogP contribution in [-0.4, -0.2) is 34.1 Å². The molecule has 1 heterocycles. The Morgan fingerprint density at radius 3 is 2.56 bits per heavy atom. The third-order valence-corrected chi connectivity index (χ3v) is 3.35. The molecule has 0 aliphatic heterocycles. The van der Waals surface area contributed by atoms with Gasteiger partial charge >= 0.3 is 0 Å². The van der Waals surface area contributed by atoms with Crippen molar-refractivity contribution in [2.24, 2.45) is 5.92 Å². The molecule has 1 aromatic heterocycles. The van der Waals surface area contributed by atoms with E-state index in [2.05, 4.69) is 48.5 Å². The van der Waals surface area contributed by atoms with E-state index >= 15 is 0 Å². The van der Waals surface area contributed by atoms with Crippen molar-refractivity contribution >= 4 is 0 Å². The van der Waals surface area contributed by atoms with Crippen LogP contribution in [0.5, 0.6) is 0 Å². The van der Waals surface area contributed by atoms with Crippen LogP contribution >= 0.6 is 0 Å². The van der Waals surface area contributed by atoms with E-state index in [1.807, 2.05) is 13.3 Å². The van der Waals surface area contributed by atoms with Crippen molar-refractivity contribution in [3.63, 3.8) is 0 Å². The number of imidazole rings is 1. The maximum atomic E-state index is 4.23. The summed E-state index contributed by atoms with van der Waals surface area (Å²) < 4.78 is 2.17. The number of nitrogens with zero attached hydrogens (tertiary/aromatic N) is 3. The molecule has 0 aliphatic carbocycles. The summed E-state index contributed by atoms with van der Waals surface area (Å²) in [6, 6.07) is 0.657. The molecule has 16 heavy (non-hydrogen) atoms. The number of aromatic nitrogens is 2. The summed E-state index contributed by atoms with van der Waals surface area (Å²) in [5, 5.41) is 0. The highest BCUT2D eigenvalue weighted by Crippen LogP contribution is 2.08. The van der Waals surface area contributed by atoms with E-state index < -0.39 is 0 Å². The van der Waals surface area contributed by atoms with E-state index in [-0.39, 0.29) is 0 Å². The summed E-state index contributed by atoms with van der Waals surface area (Å²) in [7, 11) is 2.21. The third kappa shape index (κ3) is 3.97. The molecule has 0 spiro atoms. The number of aryl methyl sites for hydroxylation is 2. The first kappa shape index (κ1) is 13.2. The van der Waals surface area contributed by atoms with Crippen molar-refractivity contribution in [1.29, 1.82) is 0 Å². The monoisotopic (exact) mass is 223 g/mol. The van der Waals surface area contributed by atoms with Crippen LogP contribution in [0.4, 0.5) is 0 Å². The molecule has 1 aromatic rings. The Labute approximate surface area is 99.5 Å². The SMILES string of the molecule is Cc1cn(CCCN(C)C(C)C(C)C)cn1. The van der Waals surface area contributed by atoms with Gasteiger partial charge in [0.25, 0.3) is 0 Å². The minimum Gasteiger partial charge on any atom is -0.337 e. The van der Waals surface area contributed by atoms with Gasteiger partial charge in [-0.05, 0) is 39.8 Å². The molecule has 0 saturated carbocycles. The molecular formula is C13H25N3. The topological polar surface area (TPSA) is 21.1 Å². The molecule has 1 atom stereocenters. The molecule has 0 N–H and O–H groups in total. The molecular weight excluding hydrogens is 198 g/mol. The van der Waals surface area contributed by atoms with Crippen LogP contribution in [-0.2, 0) is 6.54 Å². The highest BCUT2D eigenvalue weighted by molar-refractivity contribution is 4.91.